The van der Waals surface area contributed by atoms with Gasteiger partial charge in [-0.15, -0.1) is 4.72 Å². The number of nitrogens with zero attached hydrogens (tertiary/aromatic N) is 2. The highest BCUT2D eigenvalue weighted by molar-refractivity contribution is 7.96. The molecule has 1 aliphatic carbocycles. The fraction of sp³-hybridized carbons (Fsp3) is 0.458. The fourth-order valence-corrected chi connectivity index (χ4v) is 5.83. The van der Waals surface area contributed by atoms with Gasteiger partial charge in [0.05, 0.1) is 17.6 Å². The van der Waals surface area contributed by atoms with Crippen molar-refractivity contribution in [3.63, 3.8) is 0 Å². The number of sulfonamides is 1. The molecule has 2 aromatic carbocycles. The zero-order valence-electron chi connectivity index (χ0n) is 18.1. The Bertz CT molecular complexity index is 1040. The van der Waals surface area contributed by atoms with Crippen LogP contribution in [0.2, 0.25) is 0 Å². The Labute approximate surface area is 185 Å². The van der Waals surface area contributed by atoms with Crippen molar-refractivity contribution in [3.05, 3.63) is 59.9 Å². The summed E-state index contributed by atoms with van der Waals surface area (Å²) in [6.45, 7) is 3.58. The molecule has 4 rings (SSSR count). The van der Waals surface area contributed by atoms with Gasteiger partial charge in [-0.2, -0.15) is 0 Å². The first-order chi connectivity index (χ1) is 15.0. The summed E-state index contributed by atoms with van der Waals surface area (Å²) >= 11 is 0. The van der Waals surface area contributed by atoms with Crippen molar-refractivity contribution in [2.24, 2.45) is 0 Å². The van der Waals surface area contributed by atoms with Crippen LogP contribution in [0.15, 0.2) is 48.5 Å². The van der Waals surface area contributed by atoms with Crippen molar-refractivity contribution >= 4 is 21.4 Å². The fourth-order valence-electron chi connectivity index (χ4n) is 4.25. The van der Waals surface area contributed by atoms with Gasteiger partial charge in [-0.3, -0.25) is 0 Å². The zero-order chi connectivity index (χ0) is 21.7. The highest BCUT2D eigenvalue weighted by Gasteiger charge is 2.31. The quantitative estimate of drug-likeness (QED) is 0.498. The largest absolute Gasteiger partial charge is 0.598 e. The molecule has 0 bridgehead atoms. The highest BCUT2D eigenvalue weighted by Crippen LogP contribution is 2.25. The van der Waals surface area contributed by atoms with E-state index in [0.29, 0.717) is 26.1 Å². The Morgan fingerprint density at radius 3 is 2.65 bits per heavy atom. The van der Waals surface area contributed by atoms with E-state index in [9.17, 15) is 8.76 Å². The third-order valence-corrected chi connectivity index (χ3v) is 7.94. The number of ether oxygens (including phenoxy) is 1. The lowest BCUT2D eigenvalue weighted by Gasteiger charge is -2.27. The Kier molecular flexibility index (Phi) is 7.05. The SMILES string of the molecule is Cc1ccc(OCCn2c(CCN[S+](=O)([O-])C3CCCCC3)nc3ccccc32)cc1. The third-order valence-electron chi connectivity index (χ3n) is 5.98. The monoisotopic (exact) mass is 441 g/mol. The zero-order valence-corrected chi connectivity index (χ0v) is 18.9. The first-order valence-corrected chi connectivity index (χ1v) is 12.7. The van der Waals surface area contributed by atoms with Gasteiger partial charge in [-0.1, -0.05) is 40.5 Å². The van der Waals surface area contributed by atoms with E-state index in [1.54, 1.807) is 0 Å². The summed E-state index contributed by atoms with van der Waals surface area (Å²) in [5.74, 6) is 1.72. The maximum absolute atomic E-state index is 12.6. The smallest absolute Gasteiger partial charge is 0.137 e. The van der Waals surface area contributed by atoms with E-state index in [1.165, 1.54) is 5.56 Å². The molecular formula is C24H31N3O3S. The maximum Gasteiger partial charge on any atom is 0.137 e. The minimum absolute atomic E-state index is 0.247. The van der Waals surface area contributed by atoms with Crippen LogP contribution in [0, 0.1) is 6.92 Å². The summed E-state index contributed by atoms with van der Waals surface area (Å²) in [6.07, 6.45) is 5.23. The number of nitrogens with one attached hydrogen (secondary N) is 1. The van der Waals surface area contributed by atoms with Crippen molar-refractivity contribution in [2.45, 2.75) is 57.2 Å². The van der Waals surface area contributed by atoms with E-state index >= 15 is 0 Å². The predicted octanol–water partition coefficient (Wildman–Crippen LogP) is 4.43. The van der Waals surface area contributed by atoms with E-state index in [0.717, 1.165) is 54.7 Å². The lowest BCUT2D eigenvalue weighted by atomic mass is 10.0. The average molecular weight is 442 g/mol. The number of hydrogen-bond acceptors (Lipinski definition) is 4. The predicted molar refractivity (Wildman–Crippen MR) is 124 cm³/mol. The summed E-state index contributed by atoms with van der Waals surface area (Å²) in [5.41, 5.74) is 3.16. The van der Waals surface area contributed by atoms with E-state index in [-0.39, 0.29) is 5.25 Å². The van der Waals surface area contributed by atoms with E-state index in [4.69, 9.17) is 9.72 Å². The standard InChI is InChI=1S/C24H31N3O3S/c1-19-11-13-20(14-12-19)30-18-17-27-23-10-6-5-9-22(23)26-24(27)15-16-25-31(28,29)21-7-3-2-4-8-21/h5-6,9-14,21H,2-4,7-8,15-18H2,1H3,(H-,25,28,29). The molecule has 1 aliphatic rings. The van der Waals surface area contributed by atoms with Gasteiger partial charge in [-0.25, -0.2) is 4.98 Å². The topological polar surface area (TPSA) is 79.2 Å². The van der Waals surface area contributed by atoms with Crippen LogP contribution in [0.5, 0.6) is 5.75 Å². The summed E-state index contributed by atoms with van der Waals surface area (Å²) < 4.78 is 36.1. The van der Waals surface area contributed by atoms with E-state index < -0.39 is 10.4 Å². The van der Waals surface area contributed by atoms with Crippen LogP contribution >= 0.6 is 0 Å². The molecule has 0 saturated heterocycles. The first kappa shape index (κ1) is 22.0. The Morgan fingerprint density at radius 1 is 1.13 bits per heavy atom. The van der Waals surface area contributed by atoms with Crippen LogP contribution in [0.1, 0.15) is 43.5 Å². The molecule has 1 atom stereocenters. The van der Waals surface area contributed by atoms with Gasteiger partial charge in [0.15, 0.2) is 0 Å². The summed E-state index contributed by atoms with van der Waals surface area (Å²) in [7, 11) is -3.26. The molecule has 0 aliphatic heterocycles. The minimum Gasteiger partial charge on any atom is -0.598 e. The van der Waals surface area contributed by atoms with Crippen molar-refractivity contribution in [1.29, 1.82) is 0 Å². The number of aryl methyl sites for hydroxylation is 1. The average Bonchev–Trinajstić information content (AvgIpc) is 3.13. The number of rotatable bonds is 9. The van der Waals surface area contributed by atoms with Crippen molar-refractivity contribution in [3.8, 4) is 5.75 Å². The van der Waals surface area contributed by atoms with Crippen LogP contribution in [0.25, 0.3) is 11.0 Å². The number of aromatic nitrogens is 2. The molecule has 1 aromatic heterocycles. The van der Waals surface area contributed by atoms with E-state index in [2.05, 4.69) is 16.2 Å². The highest BCUT2D eigenvalue weighted by atomic mass is 32.3. The van der Waals surface area contributed by atoms with Gasteiger partial charge >= 0.3 is 0 Å². The Hall–Kier alpha value is -2.22. The molecule has 1 N–H and O–H groups in total. The summed E-state index contributed by atoms with van der Waals surface area (Å²) in [5, 5.41) is -0.247. The van der Waals surface area contributed by atoms with Gasteiger partial charge in [0.25, 0.3) is 0 Å². The Balaban J connectivity index is 1.41. The van der Waals surface area contributed by atoms with Gasteiger partial charge < -0.3 is 13.9 Å². The number of para-hydroxylation sites is 2. The molecule has 3 aromatic rings. The lowest BCUT2D eigenvalue weighted by Crippen LogP contribution is -2.42. The molecule has 1 fully saturated rings. The number of imidazole rings is 1. The van der Waals surface area contributed by atoms with Gasteiger partial charge in [-0.05, 0) is 56.9 Å². The van der Waals surface area contributed by atoms with Crippen LogP contribution in [-0.4, -0.2) is 32.5 Å². The molecule has 7 heteroatoms. The molecule has 1 unspecified atom stereocenters. The molecular weight excluding hydrogens is 410 g/mol. The Morgan fingerprint density at radius 2 is 1.87 bits per heavy atom. The van der Waals surface area contributed by atoms with Crippen molar-refractivity contribution < 1.29 is 13.5 Å². The van der Waals surface area contributed by atoms with Crippen LogP contribution in [0.3, 0.4) is 0 Å². The van der Waals surface area contributed by atoms with Gasteiger partial charge in [0, 0.05) is 13.0 Å². The second-order valence-electron chi connectivity index (χ2n) is 8.28. The second-order valence-corrected chi connectivity index (χ2v) is 10.3. The number of hydrogen-bond donors (Lipinski definition) is 1. The maximum atomic E-state index is 12.6. The molecule has 1 heterocycles. The summed E-state index contributed by atoms with van der Waals surface area (Å²) in [6, 6.07) is 16.0. The van der Waals surface area contributed by atoms with Crippen molar-refractivity contribution in [1.82, 2.24) is 14.3 Å². The van der Waals surface area contributed by atoms with E-state index in [1.807, 2.05) is 48.5 Å². The molecule has 0 spiro atoms. The third kappa shape index (κ3) is 5.53. The molecule has 31 heavy (non-hydrogen) atoms. The number of fused-ring (bicyclic) bond motifs is 1. The summed E-state index contributed by atoms with van der Waals surface area (Å²) in [4.78, 5) is 4.75. The molecule has 166 valence electrons. The molecule has 0 radical (unpaired) electrons. The van der Waals surface area contributed by atoms with Gasteiger partial charge in [0.2, 0.25) is 0 Å². The van der Waals surface area contributed by atoms with Crippen LogP contribution in [-0.2, 0) is 27.6 Å². The molecule has 6 nitrogen and oxygen atoms in total. The lowest BCUT2D eigenvalue weighted by molar-refractivity contribution is 0.298. The molecule has 1 saturated carbocycles. The van der Waals surface area contributed by atoms with Gasteiger partial charge in [0.1, 0.15) is 33.8 Å². The normalized spacial score (nSPS) is 17.0. The molecule has 0 amide bonds. The number of benzene rings is 2. The minimum atomic E-state index is -3.26. The first-order valence-electron chi connectivity index (χ1n) is 11.1. The van der Waals surface area contributed by atoms with Crippen LogP contribution in [0.4, 0.5) is 0 Å². The van der Waals surface area contributed by atoms with Crippen molar-refractivity contribution in [2.75, 3.05) is 13.2 Å². The second kappa shape index (κ2) is 9.94. The van der Waals surface area contributed by atoms with Crippen LogP contribution < -0.4 is 9.46 Å².